The van der Waals surface area contributed by atoms with E-state index in [-0.39, 0.29) is 17.9 Å². The zero-order chi connectivity index (χ0) is 15.4. The third-order valence-electron chi connectivity index (χ3n) is 3.87. The Morgan fingerprint density at radius 1 is 1.33 bits per heavy atom. The SMILES string of the molecule is C=CC(C)N1C(=O)C(CCC)NC(=O)C1c1ccccc1. The van der Waals surface area contributed by atoms with Gasteiger partial charge in [-0.1, -0.05) is 49.8 Å². The second kappa shape index (κ2) is 6.57. The smallest absolute Gasteiger partial charge is 0.248 e. The largest absolute Gasteiger partial charge is 0.342 e. The van der Waals surface area contributed by atoms with Crippen LogP contribution < -0.4 is 5.32 Å². The highest BCUT2D eigenvalue weighted by Crippen LogP contribution is 2.28. The van der Waals surface area contributed by atoms with E-state index in [1.165, 1.54) is 0 Å². The van der Waals surface area contributed by atoms with E-state index >= 15 is 0 Å². The van der Waals surface area contributed by atoms with Gasteiger partial charge < -0.3 is 10.2 Å². The Bertz CT molecular complexity index is 527. The average Bonchev–Trinajstić information content (AvgIpc) is 2.50. The topological polar surface area (TPSA) is 49.4 Å². The van der Waals surface area contributed by atoms with Crippen LogP contribution in [-0.4, -0.2) is 28.8 Å². The Labute approximate surface area is 125 Å². The quantitative estimate of drug-likeness (QED) is 0.845. The maximum absolute atomic E-state index is 12.7. The second-order valence-corrected chi connectivity index (χ2v) is 5.38. The van der Waals surface area contributed by atoms with Gasteiger partial charge in [0, 0.05) is 6.04 Å². The number of nitrogens with one attached hydrogen (secondary N) is 1. The van der Waals surface area contributed by atoms with Crippen LogP contribution in [0.3, 0.4) is 0 Å². The number of rotatable bonds is 5. The first-order chi connectivity index (χ1) is 10.1. The Hall–Kier alpha value is -2.10. The lowest BCUT2D eigenvalue weighted by Crippen LogP contribution is -2.61. The summed E-state index contributed by atoms with van der Waals surface area (Å²) < 4.78 is 0. The van der Waals surface area contributed by atoms with Crippen molar-refractivity contribution in [1.29, 1.82) is 0 Å². The van der Waals surface area contributed by atoms with Crippen LogP contribution in [0.15, 0.2) is 43.0 Å². The molecule has 1 N–H and O–H groups in total. The van der Waals surface area contributed by atoms with Gasteiger partial charge in [0.05, 0.1) is 0 Å². The van der Waals surface area contributed by atoms with Crippen LogP contribution in [0, 0.1) is 0 Å². The first-order valence-corrected chi connectivity index (χ1v) is 7.40. The number of amides is 2. The summed E-state index contributed by atoms with van der Waals surface area (Å²) in [4.78, 5) is 26.9. The minimum atomic E-state index is -0.584. The van der Waals surface area contributed by atoms with Crippen LogP contribution in [0.25, 0.3) is 0 Å². The zero-order valence-corrected chi connectivity index (χ0v) is 12.6. The molecule has 1 aliphatic heterocycles. The molecule has 1 aliphatic rings. The van der Waals surface area contributed by atoms with E-state index in [4.69, 9.17) is 0 Å². The monoisotopic (exact) mass is 286 g/mol. The molecule has 0 saturated carbocycles. The normalized spacial score (nSPS) is 23.6. The Kier molecular flexibility index (Phi) is 4.78. The maximum Gasteiger partial charge on any atom is 0.248 e. The molecule has 3 unspecified atom stereocenters. The number of carbonyl (C=O) groups excluding carboxylic acids is 2. The molecule has 4 nitrogen and oxygen atoms in total. The summed E-state index contributed by atoms with van der Waals surface area (Å²) >= 11 is 0. The minimum Gasteiger partial charge on any atom is -0.342 e. The van der Waals surface area contributed by atoms with Crippen molar-refractivity contribution >= 4 is 11.8 Å². The van der Waals surface area contributed by atoms with Gasteiger partial charge in [0.1, 0.15) is 12.1 Å². The van der Waals surface area contributed by atoms with Gasteiger partial charge in [-0.25, -0.2) is 0 Å². The second-order valence-electron chi connectivity index (χ2n) is 5.38. The van der Waals surface area contributed by atoms with Crippen molar-refractivity contribution in [2.75, 3.05) is 0 Å². The molecule has 0 bridgehead atoms. The highest BCUT2D eigenvalue weighted by atomic mass is 16.2. The summed E-state index contributed by atoms with van der Waals surface area (Å²) in [6.45, 7) is 7.66. The van der Waals surface area contributed by atoms with E-state index in [0.717, 1.165) is 12.0 Å². The number of hydrogen-bond acceptors (Lipinski definition) is 2. The lowest BCUT2D eigenvalue weighted by atomic mass is 9.96. The van der Waals surface area contributed by atoms with Gasteiger partial charge in [-0.05, 0) is 18.9 Å². The van der Waals surface area contributed by atoms with Crippen LogP contribution >= 0.6 is 0 Å². The van der Waals surface area contributed by atoms with Crippen LogP contribution in [-0.2, 0) is 9.59 Å². The predicted molar refractivity (Wildman–Crippen MR) is 82.5 cm³/mol. The molecule has 1 aromatic rings. The molecule has 2 amide bonds. The molecule has 112 valence electrons. The van der Waals surface area contributed by atoms with Crippen molar-refractivity contribution in [3.63, 3.8) is 0 Å². The van der Waals surface area contributed by atoms with Crippen LogP contribution in [0.2, 0.25) is 0 Å². The molecule has 0 spiro atoms. The van der Waals surface area contributed by atoms with E-state index in [1.807, 2.05) is 44.2 Å². The third-order valence-corrected chi connectivity index (χ3v) is 3.87. The average molecular weight is 286 g/mol. The van der Waals surface area contributed by atoms with Crippen molar-refractivity contribution in [2.24, 2.45) is 0 Å². The molecule has 21 heavy (non-hydrogen) atoms. The molecule has 1 fully saturated rings. The fourth-order valence-corrected chi connectivity index (χ4v) is 2.73. The molecule has 1 saturated heterocycles. The summed E-state index contributed by atoms with van der Waals surface area (Å²) in [5, 5.41) is 2.86. The standard InChI is InChI=1S/C17H22N2O2/c1-4-9-14-17(21)19(12(3)5-2)15(16(20)18-14)13-10-7-6-8-11-13/h5-8,10-12,14-15H,2,4,9H2,1,3H3,(H,18,20). The Morgan fingerprint density at radius 2 is 2.00 bits per heavy atom. The molecular weight excluding hydrogens is 264 g/mol. The fourth-order valence-electron chi connectivity index (χ4n) is 2.73. The third kappa shape index (κ3) is 2.99. The van der Waals surface area contributed by atoms with E-state index < -0.39 is 12.1 Å². The van der Waals surface area contributed by atoms with Crippen LogP contribution in [0.4, 0.5) is 0 Å². The van der Waals surface area contributed by atoms with Crippen molar-refractivity contribution in [3.8, 4) is 0 Å². The molecule has 2 rings (SSSR count). The van der Waals surface area contributed by atoms with Gasteiger partial charge >= 0.3 is 0 Å². The molecule has 4 heteroatoms. The maximum atomic E-state index is 12.7. The summed E-state index contributed by atoms with van der Waals surface area (Å²) in [7, 11) is 0. The van der Waals surface area contributed by atoms with Crippen LogP contribution in [0.5, 0.6) is 0 Å². The molecule has 1 aromatic carbocycles. The van der Waals surface area contributed by atoms with Crippen molar-refractivity contribution in [1.82, 2.24) is 10.2 Å². The highest BCUT2D eigenvalue weighted by Gasteiger charge is 2.42. The van der Waals surface area contributed by atoms with Gasteiger partial charge in [0.2, 0.25) is 11.8 Å². The van der Waals surface area contributed by atoms with E-state index in [1.54, 1.807) is 11.0 Å². The highest BCUT2D eigenvalue weighted by molar-refractivity contribution is 5.97. The Balaban J connectivity index is 2.40. The van der Waals surface area contributed by atoms with Crippen LogP contribution in [0.1, 0.15) is 38.3 Å². The molecule has 3 atom stereocenters. The lowest BCUT2D eigenvalue weighted by molar-refractivity contribution is -0.151. The van der Waals surface area contributed by atoms with Crippen molar-refractivity contribution in [2.45, 2.75) is 44.8 Å². The zero-order valence-electron chi connectivity index (χ0n) is 12.6. The van der Waals surface area contributed by atoms with E-state index in [2.05, 4.69) is 11.9 Å². The van der Waals surface area contributed by atoms with E-state index in [9.17, 15) is 9.59 Å². The van der Waals surface area contributed by atoms with Crippen molar-refractivity contribution < 1.29 is 9.59 Å². The fraction of sp³-hybridized carbons (Fsp3) is 0.412. The summed E-state index contributed by atoms with van der Waals surface area (Å²) in [6.07, 6.45) is 3.21. The molecule has 0 aromatic heterocycles. The minimum absolute atomic E-state index is 0.0299. The summed E-state index contributed by atoms with van der Waals surface area (Å²) in [5.41, 5.74) is 0.826. The van der Waals surface area contributed by atoms with Gasteiger partial charge in [0.25, 0.3) is 0 Å². The number of benzene rings is 1. The molecular formula is C17H22N2O2. The molecule has 0 aliphatic carbocycles. The molecule has 1 heterocycles. The summed E-state index contributed by atoms with van der Waals surface area (Å²) in [5.74, 6) is -0.148. The van der Waals surface area contributed by atoms with Crippen molar-refractivity contribution in [3.05, 3.63) is 48.6 Å². The first-order valence-electron chi connectivity index (χ1n) is 7.40. The van der Waals surface area contributed by atoms with Gasteiger partial charge in [0.15, 0.2) is 0 Å². The number of carbonyl (C=O) groups is 2. The number of piperazine rings is 1. The van der Waals surface area contributed by atoms with E-state index in [0.29, 0.717) is 6.42 Å². The summed E-state index contributed by atoms with van der Waals surface area (Å²) in [6, 6.07) is 8.20. The number of hydrogen-bond donors (Lipinski definition) is 1. The lowest BCUT2D eigenvalue weighted by Gasteiger charge is -2.41. The Morgan fingerprint density at radius 3 is 2.57 bits per heavy atom. The molecule has 0 radical (unpaired) electrons. The van der Waals surface area contributed by atoms with Gasteiger partial charge in [-0.15, -0.1) is 6.58 Å². The van der Waals surface area contributed by atoms with Gasteiger partial charge in [-0.3, -0.25) is 9.59 Å². The van der Waals surface area contributed by atoms with Gasteiger partial charge in [-0.2, -0.15) is 0 Å². The predicted octanol–water partition coefficient (Wildman–Crippen LogP) is 2.43. The first kappa shape index (κ1) is 15.3. The number of nitrogens with zero attached hydrogens (tertiary/aromatic N) is 1.